The number of carbonyl (C=O) groups excluding carboxylic acids is 1. The summed E-state index contributed by atoms with van der Waals surface area (Å²) in [6.07, 6.45) is 6.41. The van der Waals surface area contributed by atoms with Crippen LogP contribution in [0, 0.1) is 12.8 Å². The van der Waals surface area contributed by atoms with Crippen LogP contribution in [0.5, 0.6) is 0 Å². The third-order valence-electron chi connectivity index (χ3n) is 3.55. The van der Waals surface area contributed by atoms with E-state index in [-0.39, 0.29) is 17.4 Å². The molecule has 0 aromatic carbocycles. The van der Waals surface area contributed by atoms with E-state index in [1.54, 1.807) is 6.07 Å². The van der Waals surface area contributed by atoms with Crippen molar-refractivity contribution >= 4 is 28.2 Å². The van der Waals surface area contributed by atoms with Crippen molar-refractivity contribution < 1.29 is 14.7 Å². The van der Waals surface area contributed by atoms with Gasteiger partial charge in [0.2, 0.25) is 5.91 Å². The molecule has 2 N–H and O–H groups in total. The Morgan fingerprint density at radius 2 is 1.89 bits per heavy atom. The van der Waals surface area contributed by atoms with Gasteiger partial charge in [-0.15, -0.1) is 11.3 Å². The van der Waals surface area contributed by atoms with Gasteiger partial charge >= 0.3 is 5.97 Å². The average Bonchev–Trinajstić information content (AvgIpc) is 2.58. The lowest BCUT2D eigenvalue weighted by atomic mass is 9.99. The molecule has 104 valence electrons. The number of carboxylic acids is 1. The summed E-state index contributed by atoms with van der Waals surface area (Å²) in [6.45, 7) is 1.85. The molecule has 1 saturated carbocycles. The third-order valence-corrected chi connectivity index (χ3v) is 4.51. The normalized spacial score (nSPS) is 16.9. The Morgan fingerprint density at radius 3 is 2.47 bits per heavy atom. The first-order chi connectivity index (χ1) is 9.08. The van der Waals surface area contributed by atoms with E-state index in [1.165, 1.54) is 24.2 Å². The summed E-state index contributed by atoms with van der Waals surface area (Å²) in [4.78, 5) is 24.2. The molecule has 1 aromatic heterocycles. The monoisotopic (exact) mass is 281 g/mol. The first kappa shape index (κ1) is 14.1. The lowest BCUT2D eigenvalue weighted by molar-refractivity contribution is -0.120. The van der Waals surface area contributed by atoms with Gasteiger partial charge in [-0.25, -0.2) is 4.79 Å². The Hall–Kier alpha value is -1.36. The molecular weight excluding hydrogens is 262 g/mol. The van der Waals surface area contributed by atoms with Crippen molar-refractivity contribution in [3.05, 3.63) is 16.5 Å². The Labute approximate surface area is 116 Å². The molecule has 1 heterocycles. The predicted octanol–water partition coefficient (Wildman–Crippen LogP) is 3.66. The third kappa shape index (κ3) is 3.56. The number of thiophene rings is 1. The molecule has 1 aliphatic carbocycles. The van der Waals surface area contributed by atoms with E-state index in [4.69, 9.17) is 5.11 Å². The Morgan fingerprint density at radius 1 is 1.26 bits per heavy atom. The molecule has 0 atom stereocenters. The number of carboxylic acid groups (broad SMARTS) is 1. The van der Waals surface area contributed by atoms with Crippen molar-refractivity contribution in [2.75, 3.05) is 5.32 Å². The van der Waals surface area contributed by atoms with E-state index in [0.29, 0.717) is 5.00 Å². The highest BCUT2D eigenvalue weighted by molar-refractivity contribution is 7.16. The topological polar surface area (TPSA) is 66.4 Å². The summed E-state index contributed by atoms with van der Waals surface area (Å²) in [7, 11) is 0. The van der Waals surface area contributed by atoms with Crippen LogP contribution in [0.3, 0.4) is 0 Å². The lowest BCUT2D eigenvalue weighted by Gasteiger charge is -2.13. The van der Waals surface area contributed by atoms with Crippen molar-refractivity contribution in [3.63, 3.8) is 0 Å². The largest absolute Gasteiger partial charge is 0.478 e. The van der Waals surface area contributed by atoms with Crippen molar-refractivity contribution in [3.8, 4) is 0 Å². The van der Waals surface area contributed by atoms with Gasteiger partial charge in [-0.05, 0) is 25.8 Å². The van der Waals surface area contributed by atoms with Gasteiger partial charge in [0, 0.05) is 10.8 Å². The molecule has 2 rings (SSSR count). The summed E-state index contributed by atoms with van der Waals surface area (Å²) >= 11 is 1.33. The molecule has 4 nitrogen and oxygen atoms in total. The van der Waals surface area contributed by atoms with Gasteiger partial charge in [0.25, 0.3) is 0 Å². The highest BCUT2D eigenvalue weighted by atomic mass is 32.1. The van der Waals surface area contributed by atoms with E-state index in [9.17, 15) is 9.59 Å². The van der Waals surface area contributed by atoms with Crippen molar-refractivity contribution in [1.82, 2.24) is 0 Å². The fourth-order valence-electron chi connectivity index (χ4n) is 2.52. The van der Waals surface area contributed by atoms with Crippen molar-refractivity contribution in [1.29, 1.82) is 0 Å². The molecule has 0 bridgehead atoms. The highest BCUT2D eigenvalue weighted by Crippen LogP contribution is 2.30. The number of hydrogen-bond donors (Lipinski definition) is 2. The zero-order valence-corrected chi connectivity index (χ0v) is 11.9. The van der Waals surface area contributed by atoms with Crippen LogP contribution in [-0.4, -0.2) is 17.0 Å². The second-order valence-electron chi connectivity index (χ2n) is 5.08. The first-order valence-corrected chi connectivity index (χ1v) is 7.54. The van der Waals surface area contributed by atoms with Crippen LogP contribution in [-0.2, 0) is 4.79 Å². The number of amides is 1. The number of hydrogen-bond acceptors (Lipinski definition) is 3. The second kappa shape index (κ2) is 6.19. The summed E-state index contributed by atoms with van der Waals surface area (Å²) < 4.78 is 0. The minimum atomic E-state index is -0.986. The molecule has 19 heavy (non-hydrogen) atoms. The van der Waals surface area contributed by atoms with Gasteiger partial charge in [-0.3, -0.25) is 4.79 Å². The molecule has 0 saturated heterocycles. The SMILES string of the molecule is Cc1cc(C(=O)O)c(NC(=O)C2CCCCCC2)s1. The van der Waals surface area contributed by atoms with Gasteiger partial charge in [-0.1, -0.05) is 25.7 Å². The molecule has 0 radical (unpaired) electrons. The number of carbonyl (C=O) groups is 2. The maximum atomic E-state index is 12.2. The number of nitrogens with one attached hydrogen (secondary N) is 1. The molecule has 1 amide bonds. The van der Waals surface area contributed by atoms with Gasteiger partial charge in [-0.2, -0.15) is 0 Å². The quantitative estimate of drug-likeness (QED) is 0.831. The first-order valence-electron chi connectivity index (χ1n) is 6.72. The maximum Gasteiger partial charge on any atom is 0.338 e. The van der Waals surface area contributed by atoms with Gasteiger partial charge in [0.1, 0.15) is 5.00 Å². The fraction of sp³-hybridized carbons (Fsp3) is 0.571. The molecular formula is C14H19NO3S. The van der Waals surface area contributed by atoms with Gasteiger partial charge < -0.3 is 10.4 Å². The van der Waals surface area contributed by atoms with Crippen LogP contribution in [0.4, 0.5) is 5.00 Å². The van der Waals surface area contributed by atoms with Gasteiger partial charge in [0.05, 0.1) is 5.56 Å². The van der Waals surface area contributed by atoms with Crippen LogP contribution in [0.1, 0.15) is 53.8 Å². The van der Waals surface area contributed by atoms with E-state index in [0.717, 1.165) is 30.6 Å². The molecule has 1 aliphatic rings. The predicted molar refractivity (Wildman–Crippen MR) is 75.8 cm³/mol. The maximum absolute atomic E-state index is 12.2. The Bertz CT molecular complexity index is 473. The minimum absolute atomic E-state index is 0.0220. The molecule has 1 fully saturated rings. The van der Waals surface area contributed by atoms with E-state index in [1.807, 2.05) is 6.92 Å². The summed E-state index contributed by atoms with van der Waals surface area (Å²) in [6, 6.07) is 1.61. The van der Waals surface area contributed by atoms with Gasteiger partial charge in [0.15, 0.2) is 0 Å². The molecule has 0 unspecified atom stereocenters. The zero-order chi connectivity index (χ0) is 13.8. The van der Waals surface area contributed by atoms with Crippen molar-refractivity contribution in [2.45, 2.75) is 45.4 Å². The molecule has 0 aliphatic heterocycles. The Kier molecular flexibility index (Phi) is 4.58. The minimum Gasteiger partial charge on any atom is -0.478 e. The molecule has 0 spiro atoms. The number of aromatic carboxylic acids is 1. The fourth-order valence-corrected chi connectivity index (χ4v) is 3.43. The van der Waals surface area contributed by atoms with E-state index >= 15 is 0 Å². The van der Waals surface area contributed by atoms with Crippen LogP contribution in [0.25, 0.3) is 0 Å². The number of aryl methyl sites for hydroxylation is 1. The smallest absolute Gasteiger partial charge is 0.338 e. The molecule has 1 aromatic rings. The molecule has 5 heteroatoms. The van der Waals surface area contributed by atoms with Crippen LogP contribution < -0.4 is 5.32 Å². The average molecular weight is 281 g/mol. The highest BCUT2D eigenvalue weighted by Gasteiger charge is 2.22. The summed E-state index contributed by atoms with van der Waals surface area (Å²) in [5.74, 6) is -0.974. The van der Waals surface area contributed by atoms with Crippen LogP contribution in [0.2, 0.25) is 0 Å². The Balaban J connectivity index is 2.07. The van der Waals surface area contributed by atoms with Crippen LogP contribution >= 0.6 is 11.3 Å². The number of rotatable bonds is 3. The van der Waals surface area contributed by atoms with Crippen molar-refractivity contribution in [2.24, 2.45) is 5.92 Å². The lowest BCUT2D eigenvalue weighted by Crippen LogP contribution is -2.22. The van der Waals surface area contributed by atoms with E-state index in [2.05, 4.69) is 5.32 Å². The van der Waals surface area contributed by atoms with Crippen LogP contribution in [0.15, 0.2) is 6.07 Å². The zero-order valence-electron chi connectivity index (χ0n) is 11.1. The summed E-state index contributed by atoms with van der Waals surface area (Å²) in [5.41, 5.74) is 0.199. The summed E-state index contributed by atoms with van der Waals surface area (Å²) in [5, 5.41) is 12.4. The second-order valence-corrected chi connectivity index (χ2v) is 6.34. The number of anilines is 1. The standard InChI is InChI=1S/C14H19NO3S/c1-9-8-11(14(17)18)13(19-9)15-12(16)10-6-4-2-3-5-7-10/h8,10H,2-7H2,1H3,(H,15,16)(H,17,18). The van der Waals surface area contributed by atoms with E-state index < -0.39 is 5.97 Å².